The maximum absolute atomic E-state index is 6.81. The molecular formula is C72H52N5OPt-3. The molecule has 4 saturated carbocycles. The summed E-state index contributed by atoms with van der Waals surface area (Å²) in [5.74, 6) is 4.92. The summed E-state index contributed by atoms with van der Waals surface area (Å²) in [4.78, 5) is 9.71. The predicted octanol–water partition coefficient (Wildman–Crippen LogP) is 18.1. The molecule has 0 unspecified atom stereocenters. The first-order chi connectivity index (χ1) is 38.6. The number of hydrogen-bond acceptors (Lipinski definition) is 4. The largest absolute Gasteiger partial charge is 0.509 e. The Kier molecular flexibility index (Phi) is 10.7. The minimum Gasteiger partial charge on any atom is -0.509 e. The molecule has 10 aromatic carbocycles. The van der Waals surface area contributed by atoms with E-state index in [2.05, 4.69) is 244 Å². The molecule has 0 spiro atoms. The molecule has 79 heavy (non-hydrogen) atoms. The Morgan fingerprint density at radius 2 is 1.04 bits per heavy atom. The van der Waals surface area contributed by atoms with Crippen LogP contribution in [0.3, 0.4) is 0 Å². The first kappa shape index (κ1) is 46.6. The fraction of sp³-hybridized carbons (Fsp3) is 0.139. The molecule has 5 aliphatic rings. The molecule has 0 N–H and O–H groups in total. The molecule has 0 amide bonds. The van der Waals surface area contributed by atoms with Crippen LogP contribution in [0.5, 0.6) is 11.5 Å². The average Bonchev–Trinajstić information content (AvgIpc) is 4.38. The van der Waals surface area contributed by atoms with Crippen LogP contribution in [0.15, 0.2) is 225 Å². The van der Waals surface area contributed by atoms with Crippen molar-refractivity contribution >= 4 is 87.9 Å². The van der Waals surface area contributed by atoms with Gasteiger partial charge in [-0.2, -0.15) is 12.1 Å². The van der Waals surface area contributed by atoms with Gasteiger partial charge in [-0.05, 0) is 161 Å². The number of aromatic nitrogens is 3. The van der Waals surface area contributed by atoms with Gasteiger partial charge in [-0.25, -0.2) is 4.98 Å². The van der Waals surface area contributed by atoms with Crippen molar-refractivity contribution in [3.8, 4) is 23.0 Å². The van der Waals surface area contributed by atoms with E-state index in [1.807, 2.05) is 18.2 Å². The quantitative estimate of drug-likeness (QED) is 0.112. The van der Waals surface area contributed by atoms with Crippen LogP contribution in [0.2, 0.25) is 0 Å². The van der Waals surface area contributed by atoms with Gasteiger partial charge in [0, 0.05) is 83.2 Å². The summed E-state index contributed by atoms with van der Waals surface area (Å²) in [6.07, 6.45) is 8.63. The van der Waals surface area contributed by atoms with Crippen molar-refractivity contribution in [3.05, 3.63) is 255 Å². The molecular weight excluding hydrogens is 1150 g/mol. The Bertz CT molecular complexity index is 4490. The number of ether oxygens (including phenoxy) is 1. The average molecular weight is 1200 g/mol. The number of fused-ring (bicyclic) bond motifs is 10. The van der Waals surface area contributed by atoms with Gasteiger partial charge in [0.1, 0.15) is 5.82 Å². The SMILES string of the molecule is [Pt].[c-]1c(Oc2[c-]c3c(cc2)c2ccccc2n3-c2cc(C3(c4cccc5c4ccc4ccccc45)C4CC5CC(C4)CC3C5)ccn2)cccc1N1[CH-]N(c2ccc(-n3c4ccccc4c4ccccc43)cc2)c2ccccc21. The van der Waals surface area contributed by atoms with Crippen molar-refractivity contribution in [3.63, 3.8) is 0 Å². The number of benzene rings is 10. The van der Waals surface area contributed by atoms with Gasteiger partial charge in [0.15, 0.2) is 0 Å². The van der Waals surface area contributed by atoms with Crippen LogP contribution >= 0.6 is 0 Å². The normalized spacial score (nSPS) is 20.3. The van der Waals surface area contributed by atoms with Crippen LogP contribution in [-0.2, 0) is 26.5 Å². The van der Waals surface area contributed by atoms with Crippen LogP contribution < -0.4 is 14.5 Å². The molecule has 384 valence electrons. The van der Waals surface area contributed by atoms with Crippen LogP contribution in [0.1, 0.15) is 43.2 Å². The van der Waals surface area contributed by atoms with E-state index in [-0.39, 0.29) is 26.5 Å². The zero-order valence-electron chi connectivity index (χ0n) is 43.2. The summed E-state index contributed by atoms with van der Waals surface area (Å²) in [5, 5.41) is 10.1. The number of nitrogens with zero attached hydrogens (tertiary/aromatic N) is 5. The Balaban J connectivity index is 0.00000520. The van der Waals surface area contributed by atoms with E-state index in [9.17, 15) is 0 Å². The third-order valence-electron chi connectivity index (χ3n) is 18.5. The fourth-order valence-corrected chi connectivity index (χ4v) is 15.6. The molecule has 4 fully saturated rings. The van der Waals surface area contributed by atoms with Crippen LogP contribution in [-0.4, -0.2) is 14.1 Å². The fourth-order valence-electron chi connectivity index (χ4n) is 15.6. The van der Waals surface area contributed by atoms with Gasteiger partial charge in [0.2, 0.25) is 0 Å². The minimum atomic E-state index is -0.131. The molecule has 4 bridgehead atoms. The Morgan fingerprint density at radius 1 is 0.456 bits per heavy atom. The monoisotopic (exact) mass is 1200 g/mol. The van der Waals surface area contributed by atoms with E-state index in [1.165, 1.54) is 86.6 Å². The third kappa shape index (κ3) is 7.03. The zero-order chi connectivity index (χ0) is 51.1. The number of anilines is 4. The molecule has 3 aromatic heterocycles. The van der Waals surface area contributed by atoms with E-state index in [0.29, 0.717) is 23.3 Å². The summed E-state index contributed by atoms with van der Waals surface area (Å²) < 4.78 is 11.5. The van der Waals surface area contributed by atoms with E-state index in [0.717, 1.165) is 67.9 Å². The standard InChI is InChI=1S/C72H52N5O.Pt/c1-2-16-57-48(13-1)27-33-59-58(57)20-12-21-64(59)72(50-38-46-37-47(40-50)41-51(72)39-46)49-35-36-73-71(42-49)77-67-24-8-5-19-62(67)63-34-32-56(44-70(63)77)78-55-15-11-14-54(43-55)75-45-74(68-25-9-10-26-69(68)75)52-28-30-53(31-29-52)76-65-22-6-3-17-60(65)61-18-4-7-23-66(61)76;/h1-36,42,45-47,50-51H,37-41H2;/q-3;. The van der Waals surface area contributed by atoms with Crippen LogP contribution in [0.25, 0.3) is 76.7 Å². The molecule has 0 atom stereocenters. The maximum Gasteiger partial charge on any atom is 0.135 e. The second-order valence-electron chi connectivity index (χ2n) is 22.4. The second kappa shape index (κ2) is 18.1. The van der Waals surface area contributed by atoms with Crippen molar-refractivity contribution in [1.29, 1.82) is 0 Å². The van der Waals surface area contributed by atoms with Gasteiger partial charge in [0.25, 0.3) is 0 Å². The molecule has 4 aliphatic carbocycles. The number of pyridine rings is 1. The van der Waals surface area contributed by atoms with E-state index in [4.69, 9.17) is 9.72 Å². The van der Waals surface area contributed by atoms with Gasteiger partial charge in [-0.15, -0.1) is 48.1 Å². The van der Waals surface area contributed by atoms with Crippen molar-refractivity contribution < 1.29 is 25.8 Å². The number of rotatable bonds is 8. The predicted molar refractivity (Wildman–Crippen MR) is 318 cm³/mol. The van der Waals surface area contributed by atoms with Crippen LogP contribution in [0, 0.1) is 42.5 Å². The van der Waals surface area contributed by atoms with Crippen molar-refractivity contribution in [2.24, 2.45) is 23.7 Å². The summed E-state index contributed by atoms with van der Waals surface area (Å²) in [5.41, 5.74) is 12.4. The summed E-state index contributed by atoms with van der Waals surface area (Å²) in [7, 11) is 0. The third-order valence-corrected chi connectivity index (χ3v) is 18.5. The van der Waals surface area contributed by atoms with Crippen molar-refractivity contribution in [2.45, 2.75) is 37.5 Å². The first-order valence-electron chi connectivity index (χ1n) is 27.8. The van der Waals surface area contributed by atoms with Gasteiger partial charge in [0.05, 0.1) is 11.0 Å². The Morgan fingerprint density at radius 3 is 1.77 bits per heavy atom. The minimum absolute atomic E-state index is 0. The number of hydrogen-bond donors (Lipinski definition) is 0. The smallest absolute Gasteiger partial charge is 0.135 e. The maximum atomic E-state index is 6.81. The molecule has 0 saturated heterocycles. The second-order valence-corrected chi connectivity index (χ2v) is 22.4. The summed E-state index contributed by atoms with van der Waals surface area (Å²) in [6.45, 7) is 2.16. The van der Waals surface area contributed by atoms with Gasteiger partial charge in [-0.3, -0.25) is 0 Å². The van der Waals surface area contributed by atoms with Gasteiger partial charge in [-0.1, -0.05) is 127 Å². The van der Waals surface area contributed by atoms with Crippen LogP contribution in [0.4, 0.5) is 22.7 Å². The molecule has 7 heteroatoms. The van der Waals surface area contributed by atoms with Crippen molar-refractivity contribution in [2.75, 3.05) is 9.80 Å². The molecule has 0 radical (unpaired) electrons. The molecule has 4 heterocycles. The molecule has 13 aromatic rings. The topological polar surface area (TPSA) is 38.5 Å². The van der Waals surface area contributed by atoms with E-state index >= 15 is 0 Å². The van der Waals surface area contributed by atoms with Gasteiger partial charge < -0.3 is 23.7 Å². The molecule has 6 nitrogen and oxygen atoms in total. The zero-order valence-corrected chi connectivity index (χ0v) is 45.5. The first-order valence-corrected chi connectivity index (χ1v) is 27.8. The van der Waals surface area contributed by atoms with Gasteiger partial charge >= 0.3 is 0 Å². The summed E-state index contributed by atoms with van der Waals surface area (Å²) in [6, 6.07) is 86.8. The Labute approximate surface area is 473 Å². The van der Waals surface area contributed by atoms with E-state index < -0.39 is 0 Å². The number of para-hydroxylation sites is 5. The Hall–Kier alpha value is -8.44. The van der Waals surface area contributed by atoms with E-state index in [1.54, 1.807) is 0 Å². The summed E-state index contributed by atoms with van der Waals surface area (Å²) >= 11 is 0. The molecule has 18 rings (SSSR count). The molecule has 1 aliphatic heterocycles. The van der Waals surface area contributed by atoms with Crippen molar-refractivity contribution in [1.82, 2.24) is 14.1 Å².